The quantitative estimate of drug-likeness (QED) is 0.845. The average Bonchev–Trinajstić information content (AvgIpc) is 2.28. The van der Waals surface area contributed by atoms with E-state index in [1.165, 1.54) is 0 Å². The zero-order valence-corrected chi connectivity index (χ0v) is 12.2. The molecule has 1 rings (SSSR count). The van der Waals surface area contributed by atoms with E-state index >= 15 is 0 Å². The van der Waals surface area contributed by atoms with Gasteiger partial charge in [0, 0.05) is 12.1 Å². The summed E-state index contributed by atoms with van der Waals surface area (Å²) in [6.45, 7) is 11.6. The largest absolute Gasteiger partial charge is 0.352 e. The van der Waals surface area contributed by atoms with Crippen molar-refractivity contribution in [2.24, 2.45) is 17.8 Å². The zero-order valence-electron chi connectivity index (χ0n) is 12.2. The normalized spacial score (nSPS) is 11.3. The molecule has 0 saturated carbocycles. The molecule has 0 aliphatic rings. The van der Waals surface area contributed by atoms with Crippen molar-refractivity contribution in [3.05, 3.63) is 35.4 Å². The standard InChI is InChI=1S/C16H25NO/c1-11(2)15(12(3)4)10-17-16(18)14-8-6-7-13(5)9-14/h6-9,11-12,15H,10H2,1-5H3,(H,17,18). The number of hydrogen-bond donors (Lipinski definition) is 1. The second kappa shape index (κ2) is 6.58. The van der Waals surface area contributed by atoms with Crippen LogP contribution in [0.25, 0.3) is 0 Å². The molecule has 0 heterocycles. The van der Waals surface area contributed by atoms with E-state index in [1.54, 1.807) is 0 Å². The Hall–Kier alpha value is -1.31. The fourth-order valence-electron chi connectivity index (χ4n) is 2.34. The van der Waals surface area contributed by atoms with Crippen LogP contribution in [-0.2, 0) is 0 Å². The van der Waals surface area contributed by atoms with E-state index in [2.05, 4.69) is 33.0 Å². The maximum absolute atomic E-state index is 12.0. The van der Waals surface area contributed by atoms with Gasteiger partial charge >= 0.3 is 0 Å². The summed E-state index contributed by atoms with van der Waals surface area (Å²) >= 11 is 0. The van der Waals surface area contributed by atoms with Gasteiger partial charge in [0.25, 0.3) is 5.91 Å². The van der Waals surface area contributed by atoms with Gasteiger partial charge in [-0.2, -0.15) is 0 Å². The molecule has 0 unspecified atom stereocenters. The van der Waals surface area contributed by atoms with Crippen molar-refractivity contribution >= 4 is 5.91 Å². The molecule has 2 nitrogen and oxygen atoms in total. The summed E-state index contributed by atoms with van der Waals surface area (Å²) in [6, 6.07) is 7.71. The number of carbonyl (C=O) groups excluding carboxylic acids is 1. The number of hydrogen-bond acceptors (Lipinski definition) is 1. The van der Waals surface area contributed by atoms with Crippen LogP contribution >= 0.6 is 0 Å². The molecule has 1 aromatic carbocycles. The zero-order chi connectivity index (χ0) is 13.7. The first-order valence-corrected chi connectivity index (χ1v) is 6.76. The highest BCUT2D eigenvalue weighted by atomic mass is 16.1. The summed E-state index contributed by atoms with van der Waals surface area (Å²) < 4.78 is 0. The number of aryl methyl sites for hydroxylation is 1. The Kier molecular flexibility index (Phi) is 5.39. The highest BCUT2D eigenvalue weighted by molar-refractivity contribution is 5.94. The van der Waals surface area contributed by atoms with E-state index in [0.29, 0.717) is 17.8 Å². The van der Waals surface area contributed by atoms with E-state index in [-0.39, 0.29) is 5.91 Å². The van der Waals surface area contributed by atoms with E-state index in [4.69, 9.17) is 0 Å². The molecule has 0 radical (unpaired) electrons. The van der Waals surface area contributed by atoms with Crippen LogP contribution < -0.4 is 5.32 Å². The third-order valence-corrected chi connectivity index (χ3v) is 3.49. The number of benzene rings is 1. The highest BCUT2D eigenvalue weighted by Crippen LogP contribution is 2.19. The van der Waals surface area contributed by atoms with Gasteiger partial charge in [0.2, 0.25) is 0 Å². The van der Waals surface area contributed by atoms with Gasteiger partial charge in [0.1, 0.15) is 0 Å². The second-order valence-corrected chi connectivity index (χ2v) is 5.73. The van der Waals surface area contributed by atoms with Crippen molar-refractivity contribution in [2.75, 3.05) is 6.54 Å². The molecular weight excluding hydrogens is 222 g/mol. The van der Waals surface area contributed by atoms with E-state index < -0.39 is 0 Å². The van der Waals surface area contributed by atoms with Gasteiger partial charge in [-0.15, -0.1) is 0 Å². The summed E-state index contributed by atoms with van der Waals surface area (Å²) in [5.41, 5.74) is 1.87. The fraction of sp³-hybridized carbons (Fsp3) is 0.562. The molecule has 0 atom stereocenters. The molecule has 1 amide bonds. The molecule has 1 aromatic rings. The lowest BCUT2D eigenvalue weighted by Gasteiger charge is -2.25. The predicted molar refractivity (Wildman–Crippen MR) is 76.7 cm³/mol. The Morgan fingerprint density at radius 2 is 1.78 bits per heavy atom. The van der Waals surface area contributed by atoms with Crippen molar-refractivity contribution < 1.29 is 4.79 Å². The van der Waals surface area contributed by atoms with Gasteiger partial charge in [-0.05, 0) is 36.8 Å². The molecule has 0 aliphatic heterocycles. The summed E-state index contributed by atoms with van der Waals surface area (Å²) in [5.74, 6) is 1.73. The Morgan fingerprint density at radius 1 is 1.17 bits per heavy atom. The molecule has 1 N–H and O–H groups in total. The van der Waals surface area contributed by atoms with Crippen molar-refractivity contribution in [1.29, 1.82) is 0 Å². The Morgan fingerprint density at radius 3 is 2.28 bits per heavy atom. The molecule has 0 bridgehead atoms. The molecular formula is C16H25NO. The second-order valence-electron chi connectivity index (χ2n) is 5.73. The van der Waals surface area contributed by atoms with Crippen LogP contribution in [0.3, 0.4) is 0 Å². The van der Waals surface area contributed by atoms with Crippen LogP contribution in [-0.4, -0.2) is 12.5 Å². The lowest BCUT2D eigenvalue weighted by Crippen LogP contribution is -2.33. The molecule has 0 fully saturated rings. The van der Waals surface area contributed by atoms with Gasteiger partial charge < -0.3 is 5.32 Å². The van der Waals surface area contributed by atoms with Crippen LogP contribution in [0, 0.1) is 24.7 Å². The summed E-state index contributed by atoms with van der Waals surface area (Å²) in [7, 11) is 0. The number of amides is 1. The molecule has 18 heavy (non-hydrogen) atoms. The van der Waals surface area contributed by atoms with Crippen LogP contribution in [0.1, 0.15) is 43.6 Å². The van der Waals surface area contributed by atoms with Gasteiger partial charge in [-0.3, -0.25) is 4.79 Å². The first-order valence-electron chi connectivity index (χ1n) is 6.76. The van der Waals surface area contributed by atoms with E-state index in [0.717, 1.165) is 17.7 Å². The fourth-order valence-corrected chi connectivity index (χ4v) is 2.34. The monoisotopic (exact) mass is 247 g/mol. The molecule has 0 spiro atoms. The first kappa shape index (κ1) is 14.7. The van der Waals surface area contributed by atoms with Gasteiger partial charge in [0.15, 0.2) is 0 Å². The minimum absolute atomic E-state index is 0.0324. The van der Waals surface area contributed by atoms with E-state index in [1.807, 2.05) is 31.2 Å². The molecule has 100 valence electrons. The predicted octanol–water partition coefficient (Wildman–Crippen LogP) is 3.65. The third-order valence-electron chi connectivity index (χ3n) is 3.49. The summed E-state index contributed by atoms with van der Waals surface area (Å²) in [5, 5.41) is 3.05. The van der Waals surface area contributed by atoms with Gasteiger partial charge in [0.05, 0.1) is 0 Å². The molecule has 0 saturated heterocycles. The van der Waals surface area contributed by atoms with E-state index in [9.17, 15) is 4.79 Å². The van der Waals surface area contributed by atoms with Crippen LogP contribution in [0.4, 0.5) is 0 Å². The molecule has 0 aromatic heterocycles. The molecule has 0 aliphatic carbocycles. The number of carbonyl (C=O) groups is 1. The van der Waals surface area contributed by atoms with Crippen molar-refractivity contribution in [1.82, 2.24) is 5.32 Å². The highest BCUT2D eigenvalue weighted by Gasteiger charge is 2.18. The SMILES string of the molecule is Cc1cccc(C(=O)NCC(C(C)C)C(C)C)c1. The van der Waals surface area contributed by atoms with Gasteiger partial charge in [-0.1, -0.05) is 45.4 Å². The van der Waals surface area contributed by atoms with Crippen LogP contribution in [0.5, 0.6) is 0 Å². The smallest absolute Gasteiger partial charge is 0.251 e. The minimum Gasteiger partial charge on any atom is -0.352 e. The van der Waals surface area contributed by atoms with Crippen molar-refractivity contribution in [3.63, 3.8) is 0 Å². The lowest BCUT2D eigenvalue weighted by atomic mass is 9.85. The van der Waals surface area contributed by atoms with Crippen LogP contribution in [0.15, 0.2) is 24.3 Å². The Labute approximate surface area is 111 Å². The lowest BCUT2D eigenvalue weighted by molar-refractivity contribution is 0.0937. The number of nitrogens with one attached hydrogen (secondary N) is 1. The van der Waals surface area contributed by atoms with Crippen molar-refractivity contribution in [3.8, 4) is 0 Å². The molecule has 2 heteroatoms. The Balaban J connectivity index is 2.60. The minimum atomic E-state index is 0.0324. The number of rotatable bonds is 5. The summed E-state index contributed by atoms with van der Waals surface area (Å²) in [6.07, 6.45) is 0. The maximum Gasteiger partial charge on any atom is 0.251 e. The first-order chi connectivity index (χ1) is 8.41. The third kappa shape index (κ3) is 4.17. The summed E-state index contributed by atoms with van der Waals surface area (Å²) in [4.78, 5) is 12.0. The average molecular weight is 247 g/mol. The van der Waals surface area contributed by atoms with Gasteiger partial charge in [-0.25, -0.2) is 0 Å². The topological polar surface area (TPSA) is 29.1 Å². The Bertz CT molecular complexity index is 388. The van der Waals surface area contributed by atoms with Crippen molar-refractivity contribution in [2.45, 2.75) is 34.6 Å². The van der Waals surface area contributed by atoms with Crippen LogP contribution in [0.2, 0.25) is 0 Å². The maximum atomic E-state index is 12.0.